The Bertz CT molecular complexity index is 886. The number of fused-ring (bicyclic) bond motifs is 1. The van der Waals surface area contributed by atoms with Gasteiger partial charge in [-0.1, -0.05) is 30.3 Å². The van der Waals surface area contributed by atoms with Gasteiger partial charge in [0.15, 0.2) is 0 Å². The molecule has 0 spiro atoms. The lowest BCUT2D eigenvalue weighted by atomic mass is 10.2. The number of benzene rings is 1. The monoisotopic (exact) mass is 370 g/mol. The van der Waals surface area contributed by atoms with Crippen molar-refractivity contribution in [2.45, 2.75) is 19.4 Å². The van der Waals surface area contributed by atoms with Gasteiger partial charge >= 0.3 is 0 Å². The maximum atomic E-state index is 12.9. The fourth-order valence-electron chi connectivity index (χ4n) is 2.91. The molecule has 26 heavy (non-hydrogen) atoms. The van der Waals surface area contributed by atoms with Gasteiger partial charge in [-0.2, -0.15) is 0 Å². The Balaban J connectivity index is 1.74. The van der Waals surface area contributed by atoms with Gasteiger partial charge < -0.3 is 10.2 Å². The second-order valence-electron chi connectivity index (χ2n) is 6.70. The summed E-state index contributed by atoms with van der Waals surface area (Å²) in [5.74, 6) is 0.878. The summed E-state index contributed by atoms with van der Waals surface area (Å²) in [5, 5.41) is 6.11. The first-order valence-electron chi connectivity index (χ1n) is 9.01. The van der Waals surface area contributed by atoms with Crippen molar-refractivity contribution in [3.63, 3.8) is 0 Å². The third kappa shape index (κ3) is 4.78. The summed E-state index contributed by atoms with van der Waals surface area (Å²) in [7, 11) is 4.15. The number of aryl methyl sites for hydroxylation is 1. The topological polar surface area (TPSA) is 50.2 Å². The van der Waals surface area contributed by atoms with E-state index in [0.29, 0.717) is 6.54 Å². The summed E-state index contributed by atoms with van der Waals surface area (Å²) in [5.41, 5.74) is 1.19. The predicted octanol–water partition coefficient (Wildman–Crippen LogP) is 2.59. The zero-order chi connectivity index (χ0) is 18.4. The molecular weight excluding hydrogens is 344 g/mol. The molecule has 0 bridgehead atoms. The Morgan fingerprint density at radius 2 is 1.96 bits per heavy atom. The molecule has 6 heteroatoms. The largest absolute Gasteiger partial charge is 0.315 e. The van der Waals surface area contributed by atoms with Crippen molar-refractivity contribution in [1.82, 2.24) is 19.8 Å². The Hall–Kier alpha value is -2.02. The van der Waals surface area contributed by atoms with Crippen LogP contribution >= 0.6 is 11.3 Å². The Morgan fingerprint density at radius 1 is 1.15 bits per heavy atom. The Labute approximate surface area is 158 Å². The summed E-state index contributed by atoms with van der Waals surface area (Å²) in [6.45, 7) is 3.50. The number of hydrogen-bond acceptors (Lipinski definition) is 5. The molecule has 0 saturated heterocycles. The van der Waals surface area contributed by atoms with Gasteiger partial charge in [-0.3, -0.25) is 9.36 Å². The minimum Gasteiger partial charge on any atom is -0.315 e. The maximum Gasteiger partial charge on any atom is 0.262 e. The molecule has 2 heterocycles. The summed E-state index contributed by atoms with van der Waals surface area (Å²) in [4.78, 5) is 20.7. The summed E-state index contributed by atoms with van der Waals surface area (Å²) in [6, 6.07) is 12.0. The van der Waals surface area contributed by atoms with E-state index in [1.54, 1.807) is 0 Å². The molecule has 0 unspecified atom stereocenters. The van der Waals surface area contributed by atoms with Gasteiger partial charge in [0.25, 0.3) is 5.56 Å². The molecule has 3 aromatic rings. The third-order valence-corrected chi connectivity index (χ3v) is 5.14. The van der Waals surface area contributed by atoms with Crippen molar-refractivity contribution in [2.75, 3.05) is 33.7 Å². The number of nitrogens with one attached hydrogen (secondary N) is 1. The number of aromatic nitrogens is 2. The first-order valence-corrected chi connectivity index (χ1v) is 9.89. The van der Waals surface area contributed by atoms with Crippen LogP contribution in [0.2, 0.25) is 0 Å². The first-order chi connectivity index (χ1) is 12.6. The van der Waals surface area contributed by atoms with Crippen LogP contribution in [-0.4, -0.2) is 48.2 Å². The molecule has 5 nitrogen and oxygen atoms in total. The van der Waals surface area contributed by atoms with Gasteiger partial charge in [-0.25, -0.2) is 4.98 Å². The van der Waals surface area contributed by atoms with Crippen LogP contribution < -0.4 is 10.9 Å². The summed E-state index contributed by atoms with van der Waals surface area (Å²) in [6.07, 6.45) is 1.76. The molecule has 0 saturated carbocycles. The van der Waals surface area contributed by atoms with Crippen molar-refractivity contribution in [1.29, 1.82) is 0 Å². The van der Waals surface area contributed by atoms with E-state index in [-0.39, 0.29) is 5.56 Å². The molecule has 0 fully saturated rings. The van der Waals surface area contributed by atoms with Crippen LogP contribution in [0.4, 0.5) is 0 Å². The fourth-order valence-corrected chi connectivity index (χ4v) is 3.68. The molecule has 138 valence electrons. The third-order valence-electron chi connectivity index (χ3n) is 4.34. The van der Waals surface area contributed by atoms with Crippen molar-refractivity contribution in [2.24, 2.45) is 0 Å². The van der Waals surface area contributed by atoms with Crippen molar-refractivity contribution in [3.8, 4) is 0 Å². The van der Waals surface area contributed by atoms with E-state index in [1.165, 1.54) is 11.3 Å². The van der Waals surface area contributed by atoms with Crippen LogP contribution in [0.1, 0.15) is 17.8 Å². The molecule has 1 aromatic carbocycles. The minimum absolute atomic E-state index is 0.0654. The molecule has 2 aromatic heterocycles. The van der Waals surface area contributed by atoms with Crippen LogP contribution in [0.3, 0.4) is 0 Å². The number of thiophene rings is 1. The average molecular weight is 371 g/mol. The van der Waals surface area contributed by atoms with Gasteiger partial charge in [0.2, 0.25) is 0 Å². The SMILES string of the molecule is CN(C)CCNCCCc1nc2sccc2c(=O)n1Cc1ccccc1. The van der Waals surface area contributed by atoms with Crippen LogP contribution in [0, 0.1) is 0 Å². The quantitative estimate of drug-likeness (QED) is 0.588. The molecule has 3 rings (SSSR count). The van der Waals surface area contributed by atoms with E-state index in [0.717, 1.165) is 54.1 Å². The number of nitrogens with zero attached hydrogens (tertiary/aromatic N) is 3. The van der Waals surface area contributed by atoms with Gasteiger partial charge in [-0.15, -0.1) is 11.3 Å². The molecular formula is C20H26N4OS. The second-order valence-corrected chi connectivity index (χ2v) is 7.60. The van der Waals surface area contributed by atoms with E-state index in [9.17, 15) is 4.79 Å². The molecule has 0 amide bonds. The van der Waals surface area contributed by atoms with Crippen LogP contribution in [0.5, 0.6) is 0 Å². The zero-order valence-corrected chi connectivity index (χ0v) is 16.3. The second kappa shape index (κ2) is 9.07. The van der Waals surface area contributed by atoms with Gasteiger partial charge in [-0.05, 0) is 44.1 Å². The highest BCUT2D eigenvalue weighted by atomic mass is 32.1. The minimum atomic E-state index is 0.0654. The van der Waals surface area contributed by atoms with Crippen molar-refractivity contribution >= 4 is 21.6 Å². The predicted molar refractivity (Wildman–Crippen MR) is 109 cm³/mol. The fraction of sp³-hybridized carbons (Fsp3) is 0.400. The van der Waals surface area contributed by atoms with Crippen LogP contribution in [0.25, 0.3) is 10.2 Å². The number of hydrogen-bond donors (Lipinski definition) is 1. The molecule has 0 atom stereocenters. The van der Waals surface area contributed by atoms with E-state index in [4.69, 9.17) is 4.98 Å². The van der Waals surface area contributed by atoms with Crippen molar-refractivity contribution < 1.29 is 0 Å². The first kappa shape index (κ1) is 18.8. The highest BCUT2D eigenvalue weighted by molar-refractivity contribution is 7.16. The lowest BCUT2D eigenvalue weighted by Crippen LogP contribution is -2.28. The normalized spacial score (nSPS) is 11.5. The Kier molecular flexibility index (Phi) is 6.55. The van der Waals surface area contributed by atoms with Crippen LogP contribution in [-0.2, 0) is 13.0 Å². The standard InChI is InChI=1S/C20H26N4OS/c1-23(2)13-12-21-11-6-9-18-22-19-17(10-14-26-19)20(25)24(18)15-16-7-4-3-5-8-16/h3-5,7-8,10,14,21H,6,9,11-13,15H2,1-2H3. The lowest BCUT2D eigenvalue weighted by Gasteiger charge is -2.13. The summed E-state index contributed by atoms with van der Waals surface area (Å²) < 4.78 is 1.84. The highest BCUT2D eigenvalue weighted by Gasteiger charge is 2.12. The van der Waals surface area contributed by atoms with Gasteiger partial charge in [0, 0.05) is 19.5 Å². The van der Waals surface area contributed by atoms with Crippen LogP contribution in [0.15, 0.2) is 46.6 Å². The summed E-state index contributed by atoms with van der Waals surface area (Å²) >= 11 is 1.54. The lowest BCUT2D eigenvalue weighted by molar-refractivity contribution is 0.399. The van der Waals surface area contributed by atoms with E-state index in [1.807, 2.05) is 34.2 Å². The number of rotatable bonds is 9. The van der Waals surface area contributed by atoms with Gasteiger partial charge in [0.05, 0.1) is 11.9 Å². The molecule has 0 aliphatic heterocycles. The average Bonchev–Trinajstić information content (AvgIpc) is 3.10. The van der Waals surface area contributed by atoms with Gasteiger partial charge in [0.1, 0.15) is 10.7 Å². The molecule has 0 aliphatic carbocycles. The number of likely N-dealkylation sites (N-methyl/N-ethyl adjacent to an activating group) is 1. The Morgan fingerprint density at radius 3 is 2.73 bits per heavy atom. The zero-order valence-electron chi connectivity index (χ0n) is 15.4. The molecule has 1 N–H and O–H groups in total. The molecule has 0 radical (unpaired) electrons. The van der Waals surface area contributed by atoms with Crippen molar-refractivity contribution in [3.05, 3.63) is 63.5 Å². The van der Waals surface area contributed by atoms with E-state index < -0.39 is 0 Å². The highest BCUT2D eigenvalue weighted by Crippen LogP contribution is 2.16. The van der Waals surface area contributed by atoms with E-state index >= 15 is 0 Å². The van der Waals surface area contributed by atoms with E-state index in [2.05, 4.69) is 36.4 Å². The maximum absolute atomic E-state index is 12.9. The molecule has 0 aliphatic rings. The smallest absolute Gasteiger partial charge is 0.262 e.